The topological polar surface area (TPSA) is 12.9 Å². The zero-order valence-electron chi connectivity index (χ0n) is 4.94. The minimum atomic E-state index is -0.283. The third-order valence-corrected chi connectivity index (χ3v) is 2.28. The molecule has 0 spiro atoms. The van der Waals surface area contributed by atoms with Crippen molar-refractivity contribution in [1.82, 2.24) is 4.98 Å². The summed E-state index contributed by atoms with van der Waals surface area (Å²) < 4.78 is 13.4. The standard InChI is InChI=1S/C6H4ClFIN/c7-3-4-5(8)1-2-10-6(4)9/h1-2H,3H2. The molecule has 0 N–H and O–H groups in total. The summed E-state index contributed by atoms with van der Waals surface area (Å²) in [6, 6.07) is 1.31. The molecule has 0 aliphatic carbocycles. The Balaban J connectivity index is 3.17. The largest absolute Gasteiger partial charge is 0.250 e. The summed E-state index contributed by atoms with van der Waals surface area (Å²) in [4.78, 5) is 3.87. The lowest BCUT2D eigenvalue weighted by atomic mass is 10.3. The second-order valence-corrected chi connectivity index (χ2v) is 2.98. The smallest absolute Gasteiger partial charge is 0.131 e. The summed E-state index contributed by atoms with van der Waals surface area (Å²) in [5.74, 6) is -0.104. The number of hydrogen-bond acceptors (Lipinski definition) is 1. The minimum absolute atomic E-state index is 0.179. The van der Waals surface area contributed by atoms with Gasteiger partial charge in [0.25, 0.3) is 0 Å². The van der Waals surface area contributed by atoms with E-state index in [1.165, 1.54) is 12.3 Å². The average molecular weight is 271 g/mol. The Hall–Kier alpha value is 0.1000. The van der Waals surface area contributed by atoms with Crippen LogP contribution >= 0.6 is 34.2 Å². The minimum Gasteiger partial charge on any atom is -0.250 e. The van der Waals surface area contributed by atoms with Gasteiger partial charge in [0.05, 0.1) is 5.88 Å². The van der Waals surface area contributed by atoms with Crippen molar-refractivity contribution in [2.45, 2.75) is 5.88 Å². The first-order valence-corrected chi connectivity index (χ1v) is 4.22. The van der Waals surface area contributed by atoms with Crippen LogP contribution in [-0.2, 0) is 5.88 Å². The molecule has 0 saturated carbocycles. The fraction of sp³-hybridized carbons (Fsp3) is 0.167. The summed E-state index contributed by atoms with van der Waals surface area (Å²) in [5.41, 5.74) is 0.477. The van der Waals surface area contributed by atoms with E-state index in [-0.39, 0.29) is 11.7 Å². The summed E-state index contributed by atoms with van der Waals surface area (Å²) in [7, 11) is 0. The highest BCUT2D eigenvalue weighted by Crippen LogP contribution is 2.14. The van der Waals surface area contributed by atoms with Crippen LogP contribution in [0.5, 0.6) is 0 Å². The Labute approximate surface area is 76.7 Å². The molecule has 4 heteroatoms. The molecule has 1 nitrogen and oxygen atoms in total. The molecule has 0 fully saturated rings. The van der Waals surface area contributed by atoms with Gasteiger partial charge in [-0.05, 0) is 28.7 Å². The van der Waals surface area contributed by atoms with E-state index < -0.39 is 0 Å². The van der Waals surface area contributed by atoms with Crippen LogP contribution in [0.2, 0.25) is 0 Å². The van der Waals surface area contributed by atoms with Gasteiger partial charge >= 0.3 is 0 Å². The van der Waals surface area contributed by atoms with Gasteiger partial charge in [0.15, 0.2) is 0 Å². The molecular weight excluding hydrogens is 267 g/mol. The monoisotopic (exact) mass is 271 g/mol. The van der Waals surface area contributed by atoms with E-state index in [9.17, 15) is 4.39 Å². The van der Waals surface area contributed by atoms with Crippen LogP contribution < -0.4 is 0 Å². The van der Waals surface area contributed by atoms with Gasteiger partial charge in [0.2, 0.25) is 0 Å². The van der Waals surface area contributed by atoms with Gasteiger partial charge in [0.1, 0.15) is 9.52 Å². The lowest BCUT2D eigenvalue weighted by Crippen LogP contribution is -1.92. The highest BCUT2D eigenvalue weighted by atomic mass is 127. The normalized spacial score (nSPS) is 9.90. The fourth-order valence-corrected chi connectivity index (χ4v) is 1.65. The van der Waals surface area contributed by atoms with Crippen LogP contribution in [0.1, 0.15) is 5.56 Å². The van der Waals surface area contributed by atoms with E-state index in [0.29, 0.717) is 9.26 Å². The SMILES string of the molecule is Fc1ccnc(I)c1CCl. The second kappa shape index (κ2) is 3.48. The molecule has 1 aromatic heterocycles. The predicted molar refractivity (Wildman–Crippen MR) is 46.5 cm³/mol. The molecule has 1 aromatic rings. The zero-order chi connectivity index (χ0) is 7.56. The number of halogens is 3. The molecule has 0 unspecified atom stereocenters. The van der Waals surface area contributed by atoms with Crippen LogP contribution in [0.15, 0.2) is 12.3 Å². The Morgan fingerprint density at radius 3 is 2.80 bits per heavy atom. The molecule has 1 heterocycles. The molecule has 0 atom stereocenters. The van der Waals surface area contributed by atoms with E-state index in [4.69, 9.17) is 11.6 Å². The van der Waals surface area contributed by atoms with Crippen molar-refractivity contribution in [3.63, 3.8) is 0 Å². The van der Waals surface area contributed by atoms with Crippen LogP contribution in [-0.4, -0.2) is 4.98 Å². The lowest BCUT2D eigenvalue weighted by Gasteiger charge is -1.98. The molecule has 1 rings (SSSR count). The summed E-state index contributed by atoms with van der Waals surface area (Å²) in [5, 5.41) is 0. The van der Waals surface area contributed by atoms with Gasteiger partial charge in [-0.15, -0.1) is 11.6 Å². The maximum atomic E-state index is 12.7. The molecule has 0 aliphatic heterocycles. The van der Waals surface area contributed by atoms with Gasteiger partial charge in [-0.1, -0.05) is 0 Å². The van der Waals surface area contributed by atoms with Crippen molar-refractivity contribution in [2.24, 2.45) is 0 Å². The molecule has 0 aliphatic rings. The molecule has 10 heavy (non-hydrogen) atoms. The first kappa shape index (κ1) is 8.20. The molecule has 0 amide bonds. The summed E-state index contributed by atoms with van der Waals surface area (Å²) in [6.07, 6.45) is 1.42. The fourth-order valence-electron chi connectivity index (χ4n) is 0.564. The number of rotatable bonds is 1. The van der Waals surface area contributed by atoms with Crippen molar-refractivity contribution >= 4 is 34.2 Å². The number of pyridine rings is 1. The van der Waals surface area contributed by atoms with Crippen molar-refractivity contribution in [3.8, 4) is 0 Å². The third kappa shape index (κ3) is 1.58. The van der Waals surface area contributed by atoms with Gasteiger partial charge < -0.3 is 0 Å². The van der Waals surface area contributed by atoms with Crippen LogP contribution in [0, 0.1) is 9.52 Å². The van der Waals surface area contributed by atoms with Crippen LogP contribution in [0.25, 0.3) is 0 Å². The summed E-state index contributed by atoms with van der Waals surface area (Å²) in [6.45, 7) is 0. The van der Waals surface area contributed by atoms with Crippen molar-refractivity contribution in [2.75, 3.05) is 0 Å². The maximum absolute atomic E-state index is 12.7. The first-order chi connectivity index (χ1) is 4.75. The van der Waals surface area contributed by atoms with E-state index >= 15 is 0 Å². The van der Waals surface area contributed by atoms with E-state index in [2.05, 4.69) is 4.98 Å². The quantitative estimate of drug-likeness (QED) is 0.435. The molecule has 0 bridgehead atoms. The van der Waals surface area contributed by atoms with E-state index in [0.717, 1.165) is 0 Å². The number of alkyl halides is 1. The van der Waals surface area contributed by atoms with Gasteiger partial charge in [-0.3, -0.25) is 0 Å². The second-order valence-electron chi connectivity index (χ2n) is 1.70. The Kier molecular flexibility index (Phi) is 2.85. The number of nitrogens with zero attached hydrogens (tertiary/aromatic N) is 1. The lowest BCUT2D eigenvalue weighted by molar-refractivity contribution is 0.612. The average Bonchev–Trinajstić information content (AvgIpc) is 1.88. The van der Waals surface area contributed by atoms with Crippen molar-refractivity contribution < 1.29 is 4.39 Å². The molecule has 54 valence electrons. The van der Waals surface area contributed by atoms with E-state index in [1.54, 1.807) is 0 Å². The Morgan fingerprint density at radius 1 is 1.70 bits per heavy atom. The van der Waals surface area contributed by atoms with Gasteiger partial charge in [-0.2, -0.15) is 0 Å². The van der Waals surface area contributed by atoms with Crippen LogP contribution in [0.4, 0.5) is 4.39 Å². The first-order valence-electron chi connectivity index (χ1n) is 2.60. The summed E-state index contributed by atoms with van der Waals surface area (Å²) >= 11 is 7.40. The third-order valence-electron chi connectivity index (χ3n) is 1.08. The molecule has 0 aromatic carbocycles. The molecule has 0 radical (unpaired) electrons. The van der Waals surface area contributed by atoms with Gasteiger partial charge in [0, 0.05) is 11.8 Å². The van der Waals surface area contributed by atoms with Crippen LogP contribution in [0.3, 0.4) is 0 Å². The Bertz CT molecular complexity index is 221. The predicted octanol–water partition coefficient (Wildman–Crippen LogP) is 2.56. The van der Waals surface area contributed by atoms with Crippen molar-refractivity contribution in [1.29, 1.82) is 0 Å². The number of hydrogen-bond donors (Lipinski definition) is 0. The highest BCUT2D eigenvalue weighted by molar-refractivity contribution is 14.1. The number of aromatic nitrogens is 1. The molecule has 0 saturated heterocycles. The molecular formula is C6H4ClFIN. The van der Waals surface area contributed by atoms with Gasteiger partial charge in [-0.25, -0.2) is 9.37 Å². The maximum Gasteiger partial charge on any atom is 0.131 e. The highest BCUT2D eigenvalue weighted by Gasteiger charge is 2.04. The van der Waals surface area contributed by atoms with Crippen molar-refractivity contribution in [3.05, 3.63) is 27.3 Å². The van der Waals surface area contributed by atoms with E-state index in [1.807, 2.05) is 22.6 Å². The zero-order valence-corrected chi connectivity index (χ0v) is 7.86. The Morgan fingerprint density at radius 2 is 2.40 bits per heavy atom.